The molecule has 0 saturated heterocycles. The Labute approximate surface area is 110 Å². The normalized spacial score (nSPS) is 14.8. The highest BCUT2D eigenvalue weighted by Crippen LogP contribution is 2.29. The first-order valence-corrected chi connectivity index (χ1v) is 5.99. The van der Waals surface area contributed by atoms with Crippen LogP contribution < -0.4 is 0 Å². The van der Waals surface area contributed by atoms with Gasteiger partial charge in [0.15, 0.2) is 5.78 Å². The number of aliphatic imine (C=N–C) groups is 1. The first-order valence-electron chi connectivity index (χ1n) is 5.99. The number of carbonyl (C=O) groups excluding carboxylic acids is 1. The number of hydrogen-bond donors (Lipinski definition) is 0. The maximum absolute atomic E-state index is 12.2. The summed E-state index contributed by atoms with van der Waals surface area (Å²) in [4.78, 5) is 25.0. The molecule has 0 N–H and O–H groups in total. The minimum atomic E-state index is 0.0225. The molecule has 0 radical (unpaired) electrons. The summed E-state index contributed by atoms with van der Waals surface area (Å²) in [6.07, 6.45) is 5.29. The quantitative estimate of drug-likeness (QED) is 0.821. The molecule has 4 heteroatoms. The molecular weight excluding hydrogens is 238 g/mol. The van der Waals surface area contributed by atoms with E-state index in [1.54, 1.807) is 18.6 Å². The van der Waals surface area contributed by atoms with Crippen LogP contribution in [0, 0.1) is 0 Å². The van der Waals surface area contributed by atoms with Gasteiger partial charge in [0.1, 0.15) is 5.70 Å². The van der Waals surface area contributed by atoms with Crippen molar-refractivity contribution in [2.75, 3.05) is 0 Å². The summed E-state index contributed by atoms with van der Waals surface area (Å²) in [5, 5.41) is 0. The van der Waals surface area contributed by atoms with Crippen molar-refractivity contribution in [3.63, 3.8) is 0 Å². The fourth-order valence-electron chi connectivity index (χ4n) is 1.99. The van der Waals surface area contributed by atoms with E-state index >= 15 is 0 Å². The predicted octanol–water partition coefficient (Wildman–Crippen LogP) is 2.39. The van der Waals surface area contributed by atoms with Crippen LogP contribution in [0.2, 0.25) is 0 Å². The molecule has 3 heterocycles. The highest BCUT2D eigenvalue weighted by atomic mass is 16.1. The maximum Gasteiger partial charge on any atom is 0.172 e. The third-order valence-electron chi connectivity index (χ3n) is 2.84. The van der Waals surface area contributed by atoms with E-state index in [2.05, 4.69) is 15.0 Å². The second-order valence-electron chi connectivity index (χ2n) is 4.09. The number of carbonyl (C=O) groups is 1. The van der Waals surface area contributed by atoms with Crippen molar-refractivity contribution >= 4 is 23.3 Å². The standard InChI is InChI=1S/C15H11N3O/c19-13-7-10-18-15(12-6-2-4-9-17-12)14(13)11-5-1-3-8-16-11/h1-6,8-10H,7H2. The first-order chi connectivity index (χ1) is 9.36. The second-order valence-corrected chi connectivity index (χ2v) is 4.09. The van der Waals surface area contributed by atoms with E-state index in [9.17, 15) is 4.79 Å². The molecular formula is C15H11N3O. The van der Waals surface area contributed by atoms with Gasteiger partial charge in [0, 0.05) is 25.0 Å². The number of aromatic nitrogens is 2. The molecule has 4 nitrogen and oxygen atoms in total. The molecule has 0 fully saturated rings. The van der Waals surface area contributed by atoms with E-state index < -0.39 is 0 Å². The molecule has 19 heavy (non-hydrogen) atoms. The monoisotopic (exact) mass is 249 g/mol. The average molecular weight is 249 g/mol. The van der Waals surface area contributed by atoms with Gasteiger partial charge >= 0.3 is 0 Å². The molecule has 0 aliphatic carbocycles. The Morgan fingerprint density at radius 3 is 2.21 bits per heavy atom. The highest BCUT2D eigenvalue weighted by molar-refractivity contribution is 6.31. The van der Waals surface area contributed by atoms with Gasteiger partial charge < -0.3 is 0 Å². The van der Waals surface area contributed by atoms with Crippen LogP contribution in [0.4, 0.5) is 0 Å². The van der Waals surface area contributed by atoms with Gasteiger partial charge in [0.25, 0.3) is 0 Å². The lowest BCUT2D eigenvalue weighted by atomic mass is 9.98. The number of Topliss-reactive ketones (excluding diaryl/α,β-unsaturated/α-hetero) is 1. The number of hydrogen-bond acceptors (Lipinski definition) is 4. The van der Waals surface area contributed by atoms with Gasteiger partial charge in [-0.25, -0.2) is 0 Å². The summed E-state index contributed by atoms with van der Waals surface area (Å²) in [5.74, 6) is 0.0225. The predicted molar refractivity (Wildman–Crippen MR) is 73.4 cm³/mol. The van der Waals surface area contributed by atoms with Crippen molar-refractivity contribution in [2.45, 2.75) is 6.42 Å². The third kappa shape index (κ3) is 2.20. The molecule has 2 aromatic rings. The Morgan fingerprint density at radius 2 is 1.58 bits per heavy atom. The van der Waals surface area contributed by atoms with Gasteiger partial charge in [-0.1, -0.05) is 12.1 Å². The molecule has 92 valence electrons. The zero-order chi connectivity index (χ0) is 13.1. The molecule has 0 atom stereocenters. The van der Waals surface area contributed by atoms with Crippen LogP contribution in [0.25, 0.3) is 11.3 Å². The number of nitrogens with zero attached hydrogens (tertiary/aromatic N) is 3. The van der Waals surface area contributed by atoms with Crippen LogP contribution in [0.5, 0.6) is 0 Å². The SMILES string of the molecule is O=C1CC=NC(c2ccccn2)=C1c1ccccn1. The van der Waals surface area contributed by atoms with Crippen molar-refractivity contribution < 1.29 is 4.79 Å². The van der Waals surface area contributed by atoms with E-state index in [1.165, 1.54) is 0 Å². The minimum absolute atomic E-state index is 0.0225. The topological polar surface area (TPSA) is 55.2 Å². The third-order valence-corrected chi connectivity index (χ3v) is 2.84. The molecule has 0 spiro atoms. The van der Waals surface area contributed by atoms with E-state index in [4.69, 9.17) is 0 Å². The second kappa shape index (κ2) is 4.94. The molecule has 3 rings (SSSR count). The van der Waals surface area contributed by atoms with Gasteiger partial charge in [-0.2, -0.15) is 0 Å². The fourth-order valence-corrected chi connectivity index (χ4v) is 1.99. The number of ketones is 1. The van der Waals surface area contributed by atoms with E-state index in [-0.39, 0.29) is 5.78 Å². The summed E-state index contributed by atoms with van der Waals surface area (Å²) in [6.45, 7) is 0. The zero-order valence-electron chi connectivity index (χ0n) is 10.2. The van der Waals surface area contributed by atoms with Gasteiger partial charge in [-0.15, -0.1) is 0 Å². The average Bonchev–Trinajstić information content (AvgIpc) is 2.49. The summed E-state index contributed by atoms with van der Waals surface area (Å²) >= 11 is 0. The number of allylic oxidation sites excluding steroid dienone is 1. The first kappa shape index (κ1) is 11.5. The molecule has 2 aromatic heterocycles. The van der Waals surface area contributed by atoms with E-state index in [0.29, 0.717) is 29.1 Å². The molecule has 0 saturated carbocycles. The summed E-state index contributed by atoms with van der Waals surface area (Å²) in [5.41, 5.74) is 2.47. The molecule has 0 aromatic carbocycles. The van der Waals surface area contributed by atoms with Crippen molar-refractivity contribution in [1.29, 1.82) is 0 Å². The van der Waals surface area contributed by atoms with Crippen LogP contribution in [0.1, 0.15) is 17.8 Å². The number of pyridine rings is 2. The van der Waals surface area contributed by atoms with Gasteiger partial charge in [0.05, 0.1) is 17.0 Å². The lowest BCUT2D eigenvalue weighted by Crippen LogP contribution is -2.10. The van der Waals surface area contributed by atoms with Crippen molar-refractivity contribution in [3.05, 3.63) is 60.2 Å². The smallest absolute Gasteiger partial charge is 0.172 e. The van der Waals surface area contributed by atoms with Crippen molar-refractivity contribution in [2.24, 2.45) is 4.99 Å². The van der Waals surface area contributed by atoms with Gasteiger partial charge in [-0.3, -0.25) is 19.8 Å². The summed E-state index contributed by atoms with van der Waals surface area (Å²) in [7, 11) is 0. The van der Waals surface area contributed by atoms with E-state index in [0.717, 1.165) is 0 Å². The molecule has 1 aliphatic rings. The van der Waals surface area contributed by atoms with Gasteiger partial charge in [-0.05, 0) is 24.3 Å². The largest absolute Gasteiger partial charge is 0.294 e. The molecule has 0 amide bonds. The van der Waals surface area contributed by atoms with Crippen LogP contribution in [0.3, 0.4) is 0 Å². The van der Waals surface area contributed by atoms with Crippen LogP contribution in [-0.4, -0.2) is 22.0 Å². The lowest BCUT2D eigenvalue weighted by Gasteiger charge is -2.13. The van der Waals surface area contributed by atoms with Crippen LogP contribution in [-0.2, 0) is 4.79 Å². The molecule has 0 bridgehead atoms. The van der Waals surface area contributed by atoms with Crippen LogP contribution in [0.15, 0.2) is 53.8 Å². The lowest BCUT2D eigenvalue weighted by molar-refractivity contribution is -0.112. The van der Waals surface area contributed by atoms with Crippen LogP contribution >= 0.6 is 0 Å². The van der Waals surface area contributed by atoms with Gasteiger partial charge in [0.2, 0.25) is 0 Å². The Kier molecular flexibility index (Phi) is 2.98. The molecule has 0 unspecified atom stereocenters. The molecule has 1 aliphatic heterocycles. The number of rotatable bonds is 2. The van der Waals surface area contributed by atoms with E-state index in [1.807, 2.05) is 36.4 Å². The maximum atomic E-state index is 12.2. The minimum Gasteiger partial charge on any atom is -0.294 e. The Bertz CT molecular complexity index is 660. The fraction of sp³-hybridized carbons (Fsp3) is 0.0667. The van der Waals surface area contributed by atoms with Crippen molar-refractivity contribution in [3.8, 4) is 0 Å². The Hall–Kier alpha value is -2.62. The summed E-state index contributed by atoms with van der Waals surface area (Å²) in [6, 6.07) is 11.0. The highest BCUT2D eigenvalue weighted by Gasteiger charge is 2.22. The zero-order valence-corrected chi connectivity index (χ0v) is 10.2. The summed E-state index contributed by atoms with van der Waals surface area (Å²) < 4.78 is 0. The van der Waals surface area contributed by atoms with Crippen molar-refractivity contribution in [1.82, 2.24) is 9.97 Å². The Morgan fingerprint density at radius 1 is 0.895 bits per heavy atom. The Balaban J connectivity index is 2.21.